The summed E-state index contributed by atoms with van der Waals surface area (Å²) < 4.78 is 13.2. The van der Waals surface area contributed by atoms with Crippen molar-refractivity contribution in [1.82, 2.24) is 5.32 Å². The summed E-state index contributed by atoms with van der Waals surface area (Å²) in [5, 5.41) is 3.94. The molecule has 2 saturated carbocycles. The molecule has 2 bridgehead atoms. The van der Waals surface area contributed by atoms with Gasteiger partial charge in [0, 0.05) is 12.6 Å². The average molecular weight is 296 g/mol. The molecule has 0 amide bonds. The molecule has 20 heavy (non-hydrogen) atoms. The molecule has 0 saturated heterocycles. The minimum atomic E-state index is -0.345. The monoisotopic (exact) mass is 295 g/mol. The minimum absolute atomic E-state index is 0.211. The van der Waals surface area contributed by atoms with Crippen LogP contribution in [0.1, 0.15) is 45.6 Å². The molecule has 2 aliphatic carbocycles. The predicted molar refractivity (Wildman–Crippen MR) is 81.3 cm³/mol. The van der Waals surface area contributed by atoms with Gasteiger partial charge in [0.25, 0.3) is 0 Å². The first kappa shape index (κ1) is 14.3. The molecule has 0 aliphatic heterocycles. The largest absolute Gasteiger partial charge is 0.309 e. The molecule has 3 atom stereocenters. The highest BCUT2D eigenvalue weighted by atomic mass is 35.5. The zero-order chi connectivity index (χ0) is 14.5. The van der Waals surface area contributed by atoms with Crippen LogP contribution in [0.2, 0.25) is 5.02 Å². The van der Waals surface area contributed by atoms with Crippen LogP contribution in [0.5, 0.6) is 0 Å². The van der Waals surface area contributed by atoms with E-state index in [1.807, 2.05) is 6.07 Å². The van der Waals surface area contributed by atoms with Gasteiger partial charge in [0.1, 0.15) is 5.82 Å². The first-order chi connectivity index (χ1) is 9.33. The van der Waals surface area contributed by atoms with Crippen molar-refractivity contribution in [3.05, 3.63) is 34.6 Å². The number of hydrogen-bond acceptors (Lipinski definition) is 1. The first-order valence-corrected chi connectivity index (χ1v) is 7.88. The predicted octanol–water partition coefficient (Wildman–Crippen LogP) is 4.78. The molecule has 1 aromatic carbocycles. The molecule has 2 aliphatic rings. The fourth-order valence-corrected chi connectivity index (χ4v) is 4.88. The normalized spacial score (nSPS) is 34.6. The fourth-order valence-electron chi connectivity index (χ4n) is 4.68. The summed E-state index contributed by atoms with van der Waals surface area (Å²) in [6.07, 6.45) is 4.02. The van der Waals surface area contributed by atoms with Crippen molar-refractivity contribution in [2.75, 3.05) is 0 Å². The molecule has 3 heteroatoms. The highest BCUT2D eigenvalue weighted by molar-refractivity contribution is 6.30. The molecule has 110 valence electrons. The van der Waals surface area contributed by atoms with Crippen LogP contribution in [-0.2, 0) is 6.54 Å². The van der Waals surface area contributed by atoms with E-state index < -0.39 is 0 Å². The lowest BCUT2D eigenvalue weighted by Crippen LogP contribution is -2.49. The zero-order valence-electron chi connectivity index (χ0n) is 12.5. The third-order valence-corrected chi connectivity index (χ3v) is 6.05. The maximum Gasteiger partial charge on any atom is 0.141 e. The second kappa shape index (κ2) is 4.71. The van der Waals surface area contributed by atoms with Crippen molar-refractivity contribution in [3.63, 3.8) is 0 Å². The maximum absolute atomic E-state index is 13.2. The zero-order valence-corrected chi connectivity index (χ0v) is 13.2. The van der Waals surface area contributed by atoms with Crippen LogP contribution < -0.4 is 5.32 Å². The number of benzene rings is 1. The molecule has 2 fully saturated rings. The molecule has 0 aromatic heterocycles. The standard InChI is InChI=1S/C17H23ClFN/c1-16(2)12-6-7-17(3,9-12)15(16)20-10-11-4-5-14(19)13(18)8-11/h4-5,8,12,15,20H,6-7,9-10H2,1-3H3. The molecule has 3 unspecified atom stereocenters. The Kier molecular flexibility index (Phi) is 3.38. The van der Waals surface area contributed by atoms with Gasteiger partial charge in [-0.1, -0.05) is 38.4 Å². The Morgan fingerprint density at radius 3 is 2.70 bits per heavy atom. The van der Waals surface area contributed by atoms with E-state index in [0.717, 1.165) is 18.0 Å². The van der Waals surface area contributed by atoms with Crippen LogP contribution in [0.15, 0.2) is 18.2 Å². The van der Waals surface area contributed by atoms with E-state index in [9.17, 15) is 4.39 Å². The highest BCUT2D eigenvalue weighted by Crippen LogP contribution is 2.62. The molecule has 0 radical (unpaired) electrons. The van der Waals surface area contributed by atoms with Gasteiger partial charge in [-0.3, -0.25) is 0 Å². The summed E-state index contributed by atoms with van der Waals surface area (Å²) in [7, 11) is 0. The van der Waals surface area contributed by atoms with Crippen LogP contribution in [0.3, 0.4) is 0 Å². The topological polar surface area (TPSA) is 12.0 Å². The van der Waals surface area contributed by atoms with Crippen molar-refractivity contribution in [1.29, 1.82) is 0 Å². The van der Waals surface area contributed by atoms with Crippen molar-refractivity contribution >= 4 is 11.6 Å². The summed E-state index contributed by atoms with van der Waals surface area (Å²) >= 11 is 5.85. The van der Waals surface area contributed by atoms with E-state index in [1.54, 1.807) is 6.07 Å². The van der Waals surface area contributed by atoms with Gasteiger partial charge in [-0.2, -0.15) is 0 Å². The van der Waals surface area contributed by atoms with E-state index in [2.05, 4.69) is 26.1 Å². The summed E-state index contributed by atoms with van der Waals surface area (Å²) in [6.45, 7) is 7.95. The van der Waals surface area contributed by atoms with E-state index in [0.29, 0.717) is 16.9 Å². The van der Waals surface area contributed by atoms with E-state index in [-0.39, 0.29) is 10.8 Å². The first-order valence-electron chi connectivity index (χ1n) is 7.50. The summed E-state index contributed by atoms with van der Waals surface area (Å²) in [4.78, 5) is 0. The fraction of sp³-hybridized carbons (Fsp3) is 0.647. The highest BCUT2D eigenvalue weighted by Gasteiger charge is 2.58. The lowest BCUT2D eigenvalue weighted by molar-refractivity contribution is 0.108. The van der Waals surface area contributed by atoms with Crippen LogP contribution in [0, 0.1) is 22.6 Å². The van der Waals surface area contributed by atoms with Gasteiger partial charge in [0.15, 0.2) is 0 Å². The third-order valence-electron chi connectivity index (χ3n) is 5.76. The Labute approximate surface area is 125 Å². The van der Waals surface area contributed by atoms with Gasteiger partial charge in [0.2, 0.25) is 0 Å². The van der Waals surface area contributed by atoms with E-state index in [1.165, 1.54) is 25.3 Å². The Hall–Kier alpha value is -0.600. The molecule has 1 nitrogen and oxygen atoms in total. The van der Waals surface area contributed by atoms with Crippen LogP contribution >= 0.6 is 11.6 Å². The lowest BCUT2D eigenvalue weighted by Gasteiger charge is -2.43. The van der Waals surface area contributed by atoms with E-state index in [4.69, 9.17) is 11.6 Å². The van der Waals surface area contributed by atoms with E-state index >= 15 is 0 Å². The van der Waals surface area contributed by atoms with Crippen molar-refractivity contribution < 1.29 is 4.39 Å². The number of halogens is 2. The molecular formula is C17H23ClFN. The molecular weight excluding hydrogens is 273 g/mol. The third kappa shape index (κ3) is 2.17. The van der Waals surface area contributed by atoms with Crippen molar-refractivity contribution in [2.24, 2.45) is 16.7 Å². The van der Waals surface area contributed by atoms with Gasteiger partial charge in [-0.15, -0.1) is 0 Å². The number of nitrogens with one attached hydrogen (secondary N) is 1. The number of hydrogen-bond donors (Lipinski definition) is 1. The summed E-state index contributed by atoms with van der Waals surface area (Å²) in [5.41, 5.74) is 1.81. The van der Waals surface area contributed by atoms with Gasteiger partial charge < -0.3 is 5.32 Å². The Morgan fingerprint density at radius 1 is 1.35 bits per heavy atom. The minimum Gasteiger partial charge on any atom is -0.309 e. The summed E-state index contributed by atoms with van der Waals surface area (Å²) in [6, 6.07) is 5.52. The summed E-state index contributed by atoms with van der Waals surface area (Å²) in [5.74, 6) is 0.490. The van der Waals surface area contributed by atoms with Crippen LogP contribution in [-0.4, -0.2) is 6.04 Å². The second-order valence-electron chi connectivity index (χ2n) is 7.48. The second-order valence-corrected chi connectivity index (χ2v) is 7.88. The Bertz CT molecular complexity index is 523. The quantitative estimate of drug-likeness (QED) is 0.846. The van der Waals surface area contributed by atoms with Gasteiger partial charge in [-0.25, -0.2) is 4.39 Å². The lowest BCUT2D eigenvalue weighted by atomic mass is 9.68. The van der Waals surface area contributed by atoms with Gasteiger partial charge >= 0.3 is 0 Å². The molecule has 3 rings (SSSR count). The van der Waals surface area contributed by atoms with Crippen LogP contribution in [0.25, 0.3) is 0 Å². The van der Waals surface area contributed by atoms with Crippen molar-refractivity contribution in [2.45, 2.75) is 52.6 Å². The molecule has 0 heterocycles. The smallest absolute Gasteiger partial charge is 0.141 e. The SMILES string of the molecule is CC12CCC(C1)C(C)(C)C2NCc1ccc(F)c(Cl)c1. The van der Waals surface area contributed by atoms with Crippen LogP contribution in [0.4, 0.5) is 4.39 Å². The Morgan fingerprint density at radius 2 is 2.10 bits per heavy atom. The molecule has 1 N–H and O–H groups in total. The number of rotatable bonds is 3. The van der Waals surface area contributed by atoms with Gasteiger partial charge in [0.05, 0.1) is 5.02 Å². The Balaban J connectivity index is 1.73. The molecule has 0 spiro atoms. The average Bonchev–Trinajstić information content (AvgIpc) is 2.84. The van der Waals surface area contributed by atoms with Gasteiger partial charge in [-0.05, 0) is 53.7 Å². The number of fused-ring (bicyclic) bond motifs is 2. The maximum atomic E-state index is 13.2. The van der Waals surface area contributed by atoms with Crippen molar-refractivity contribution in [3.8, 4) is 0 Å². The molecule has 1 aromatic rings.